The molecule has 3 aromatic carbocycles. The number of hydrogen-bond donors (Lipinski definition) is 1. The molecular formula is C34H34ClN3O6S. The maximum Gasteiger partial charge on any atom is 0.294 e. The van der Waals surface area contributed by atoms with Crippen LogP contribution in [-0.4, -0.2) is 61.4 Å². The third-order valence-corrected chi connectivity index (χ3v) is 8.28. The summed E-state index contributed by atoms with van der Waals surface area (Å²) >= 11 is 6.81. The molecule has 0 saturated carbocycles. The number of thioether (sulfide) groups is 1. The van der Waals surface area contributed by atoms with Crippen LogP contribution in [0.2, 0.25) is 5.02 Å². The topological polar surface area (TPSA) is 97.4 Å². The molecule has 45 heavy (non-hydrogen) atoms. The lowest BCUT2D eigenvalue weighted by atomic mass is 10.0. The van der Waals surface area contributed by atoms with Crippen LogP contribution in [0, 0.1) is 0 Å². The first-order valence-corrected chi connectivity index (χ1v) is 15.8. The third kappa shape index (κ3) is 8.08. The molecule has 234 valence electrons. The molecule has 0 unspecified atom stereocenters. The molecule has 2 aliphatic rings. The van der Waals surface area contributed by atoms with Crippen molar-refractivity contribution in [3.8, 4) is 11.5 Å². The molecule has 1 N–H and O–H groups in total. The van der Waals surface area contributed by atoms with Crippen molar-refractivity contribution < 1.29 is 28.6 Å². The zero-order valence-corrected chi connectivity index (χ0v) is 26.5. The van der Waals surface area contributed by atoms with Gasteiger partial charge in [-0.3, -0.25) is 19.3 Å². The highest BCUT2D eigenvalue weighted by Crippen LogP contribution is 2.38. The number of ether oxygens (including phenoxy) is 3. The quantitative estimate of drug-likeness (QED) is 0.174. The van der Waals surface area contributed by atoms with Gasteiger partial charge in [-0.25, -0.2) is 0 Å². The van der Waals surface area contributed by atoms with Crippen LogP contribution in [0.3, 0.4) is 0 Å². The lowest BCUT2D eigenvalue weighted by Crippen LogP contribution is -2.38. The summed E-state index contributed by atoms with van der Waals surface area (Å²) in [4.78, 5) is 42.5. The van der Waals surface area contributed by atoms with Gasteiger partial charge >= 0.3 is 0 Å². The molecule has 9 nitrogen and oxygen atoms in total. The first kappa shape index (κ1) is 32.2. The molecule has 2 saturated heterocycles. The molecule has 3 amide bonds. The van der Waals surface area contributed by atoms with E-state index in [1.54, 1.807) is 36.4 Å². The smallest absolute Gasteiger partial charge is 0.294 e. The number of halogens is 1. The van der Waals surface area contributed by atoms with Gasteiger partial charge in [0.25, 0.3) is 11.1 Å². The molecule has 0 spiro atoms. The minimum absolute atomic E-state index is 0.211. The van der Waals surface area contributed by atoms with Crippen LogP contribution in [0.25, 0.3) is 6.08 Å². The van der Waals surface area contributed by atoms with Crippen LogP contribution >= 0.6 is 23.4 Å². The van der Waals surface area contributed by atoms with Gasteiger partial charge in [-0.2, -0.15) is 0 Å². The maximum absolute atomic E-state index is 13.3. The predicted octanol–water partition coefficient (Wildman–Crippen LogP) is 6.56. The van der Waals surface area contributed by atoms with Gasteiger partial charge in [0.2, 0.25) is 5.91 Å². The average molecular weight is 648 g/mol. The van der Waals surface area contributed by atoms with E-state index in [1.165, 1.54) is 0 Å². The van der Waals surface area contributed by atoms with E-state index < -0.39 is 23.6 Å². The van der Waals surface area contributed by atoms with Crippen molar-refractivity contribution in [1.29, 1.82) is 0 Å². The Kier molecular flexibility index (Phi) is 10.8. The molecule has 5 rings (SSSR count). The summed E-state index contributed by atoms with van der Waals surface area (Å²) in [6.07, 6.45) is 3.88. The summed E-state index contributed by atoms with van der Waals surface area (Å²) in [5.41, 5.74) is 3.89. The summed E-state index contributed by atoms with van der Waals surface area (Å²) in [5.74, 6) is 0.0850. The number of carbonyl (C=O) groups excluding carboxylic acids is 3. The van der Waals surface area contributed by atoms with Crippen LogP contribution in [0.15, 0.2) is 78.2 Å². The largest absolute Gasteiger partial charge is 0.490 e. The van der Waals surface area contributed by atoms with Gasteiger partial charge in [-0.15, -0.1) is 6.58 Å². The Labute approximate surface area is 271 Å². The number of para-hydroxylation sites is 2. The molecule has 2 aliphatic heterocycles. The van der Waals surface area contributed by atoms with Gasteiger partial charge in [-0.1, -0.05) is 41.9 Å². The Morgan fingerprint density at radius 1 is 1.09 bits per heavy atom. The normalized spacial score (nSPS) is 15.8. The van der Waals surface area contributed by atoms with Crippen molar-refractivity contribution in [1.82, 2.24) is 4.90 Å². The molecule has 0 aromatic heterocycles. The second-order valence-electron chi connectivity index (χ2n) is 10.3. The zero-order chi connectivity index (χ0) is 31.8. The number of amides is 3. The Balaban J connectivity index is 1.32. The van der Waals surface area contributed by atoms with Crippen molar-refractivity contribution in [3.63, 3.8) is 0 Å². The molecule has 0 radical (unpaired) electrons. The van der Waals surface area contributed by atoms with Gasteiger partial charge in [0.05, 0.1) is 36.1 Å². The molecule has 2 fully saturated rings. The number of benzene rings is 3. The Morgan fingerprint density at radius 3 is 2.58 bits per heavy atom. The highest BCUT2D eigenvalue weighted by molar-refractivity contribution is 8.18. The standard InChI is InChI=1S/C34H34ClN3O6S/c1-3-7-25-18-24(19-29(43-4-2)32(25)44-22-23-10-12-26(35)13-11-23)20-30-33(40)38(34(41)45-30)21-31(39)36-27-8-5-6-9-28(27)37-14-16-42-17-15-37/h3,5-6,8-13,18-20H,1,4,7,14-17,21-22H2,2H3,(H,36,39)/b30-20-. The Morgan fingerprint density at radius 2 is 1.84 bits per heavy atom. The van der Waals surface area contributed by atoms with Crippen LogP contribution < -0.4 is 19.7 Å². The van der Waals surface area contributed by atoms with E-state index in [9.17, 15) is 14.4 Å². The summed E-state index contributed by atoms with van der Waals surface area (Å²) < 4.78 is 17.6. The second kappa shape index (κ2) is 15.2. The van der Waals surface area contributed by atoms with E-state index in [2.05, 4.69) is 16.8 Å². The summed E-state index contributed by atoms with van der Waals surface area (Å²) in [7, 11) is 0. The molecule has 0 bridgehead atoms. The molecule has 3 aromatic rings. The zero-order valence-electron chi connectivity index (χ0n) is 24.9. The Hall–Kier alpha value is -4.25. The molecule has 11 heteroatoms. The van der Waals surface area contributed by atoms with Gasteiger partial charge in [0.15, 0.2) is 11.5 Å². The highest BCUT2D eigenvalue weighted by atomic mass is 35.5. The molecule has 2 heterocycles. The van der Waals surface area contributed by atoms with E-state index in [1.807, 2.05) is 43.3 Å². The number of nitrogens with one attached hydrogen (secondary N) is 1. The van der Waals surface area contributed by atoms with E-state index in [0.29, 0.717) is 73.7 Å². The second-order valence-corrected chi connectivity index (χ2v) is 11.7. The van der Waals surface area contributed by atoms with Gasteiger partial charge in [-0.05, 0) is 78.7 Å². The van der Waals surface area contributed by atoms with Gasteiger partial charge < -0.3 is 24.4 Å². The lowest BCUT2D eigenvalue weighted by Gasteiger charge is -2.30. The van der Waals surface area contributed by atoms with Crippen molar-refractivity contribution in [2.45, 2.75) is 20.0 Å². The average Bonchev–Trinajstić information content (AvgIpc) is 3.29. The van der Waals surface area contributed by atoms with E-state index in [-0.39, 0.29) is 4.91 Å². The molecule has 0 aliphatic carbocycles. The fourth-order valence-corrected chi connectivity index (χ4v) is 5.98. The van der Waals surface area contributed by atoms with Crippen molar-refractivity contribution >= 4 is 57.9 Å². The predicted molar refractivity (Wildman–Crippen MR) is 178 cm³/mol. The Bertz CT molecular complexity index is 1600. The fraction of sp³-hybridized carbons (Fsp3) is 0.265. The summed E-state index contributed by atoms with van der Waals surface area (Å²) in [6, 6.07) is 18.5. The third-order valence-electron chi connectivity index (χ3n) is 7.12. The van der Waals surface area contributed by atoms with Crippen molar-refractivity contribution in [2.75, 3.05) is 49.7 Å². The number of hydrogen-bond acceptors (Lipinski definition) is 8. The number of nitrogens with zero attached hydrogens (tertiary/aromatic N) is 2. The van der Waals surface area contributed by atoms with Gasteiger partial charge in [0.1, 0.15) is 13.2 Å². The van der Waals surface area contributed by atoms with Gasteiger partial charge in [0, 0.05) is 23.7 Å². The SMILES string of the molecule is C=CCc1cc(/C=C2\SC(=O)N(CC(=O)Nc3ccccc3N3CCOCC3)C2=O)cc(OCC)c1OCc1ccc(Cl)cc1. The maximum atomic E-state index is 13.3. The van der Waals surface area contributed by atoms with E-state index in [0.717, 1.165) is 33.5 Å². The highest BCUT2D eigenvalue weighted by Gasteiger charge is 2.36. The number of allylic oxidation sites excluding steroid dienone is 1. The summed E-state index contributed by atoms with van der Waals surface area (Å²) in [6.45, 7) is 8.66. The minimum atomic E-state index is -0.534. The number of morpholine rings is 1. The van der Waals surface area contributed by atoms with E-state index in [4.69, 9.17) is 25.8 Å². The van der Waals surface area contributed by atoms with Crippen LogP contribution in [0.5, 0.6) is 11.5 Å². The number of anilines is 2. The molecular weight excluding hydrogens is 614 g/mol. The number of carbonyl (C=O) groups is 3. The van der Waals surface area contributed by atoms with Crippen molar-refractivity contribution in [3.05, 3.63) is 99.9 Å². The van der Waals surface area contributed by atoms with Crippen LogP contribution in [0.1, 0.15) is 23.6 Å². The first-order valence-electron chi connectivity index (χ1n) is 14.6. The monoisotopic (exact) mass is 647 g/mol. The first-order chi connectivity index (χ1) is 21.9. The number of rotatable bonds is 12. The van der Waals surface area contributed by atoms with Crippen LogP contribution in [0.4, 0.5) is 16.2 Å². The lowest BCUT2D eigenvalue weighted by molar-refractivity contribution is -0.127. The van der Waals surface area contributed by atoms with Crippen LogP contribution in [-0.2, 0) is 27.4 Å². The minimum Gasteiger partial charge on any atom is -0.490 e. The fourth-order valence-electron chi connectivity index (χ4n) is 5.02. The van der Waals surface area contributed by atoms with E-state index >= 15 is 0 Å². The number of imide groups is 1. The summed E-state index contributed by atoms with van der Waals surface area (Å²) in [5, 5.41) is 3.00. The van der Waals surface area contributed by atoms with Crippen molar-refractivity contribution in [2.24, 2.45) is 0 Å². The molecule has 0 atom stereocenters.